The molecular weight excluding hydrogens is 482 g/mol. The van der Waals surface area contributed by atoms with Gasteiger partial charge in [-0.15, -0.1) is 11.3 Å². The van der Waals surface area contributed by atoms with Crippen molar-refractivity contribution in [2.45, 2.75) is 50.4 Å². The minimum absolute atomic E-state index is 0.0960. The van der Waals surface area contributed by atoms with Gasteiger partial charge in [0.15, 0.2) is 5.01 Å². The van der Waals surface area contributed by atoms with Gasteiger partial charge in [-0.3, -0.25) is 10.2 Å². The molecule has 6 atom stereocenters. The summed E-state index contributed by atoms with van der Waals surface area (Å²) < 4.78 is 22.7. The zero-order valence-corrected chi connectivity index (χ0v) is 20.5. The molecule has 1 aromatic carbocycles. The number of fused-ring (bicyclic) bond motifs is 1. The number of aromatic nitrogens is 1. The number of nitrogens with zero attached hydrogens (tertiary/aromatic N) is 1. The molecule has 0 bridgehead atoms. The average Bonchev–Trinajstić information content (AvgIpc) is 3.26. The van der Waals surface area contributed by atoms with Crippen molar-refractivity contribution in [1.29, 1.82) is 5.41 Å². The first kappa shape index (κ1) is 26.8. The normalized spacial score (nSPS) is 27.2. The smallest absolute Gasteiger partial charge is 0.379 e. The van der Waals surface area contributed by atoms with Crippen molar-refractivity contribution in [3.05, 3.63) is 23.2 Å². The number of carbonyl (C=O) groups excluding carboxylic acids is 2. The molecule has 1 aliphatic heterocycles. The number of carbonyl (C=O) groups is 2. The SMILES string of the molecule is COC(=N)c1nc2ccc(OC3(C(=O)OC)OC(CC(O)CO)C(NC(C)=O)C(O)[C@@H]3C)cc2s1. The number of hydrogen-bond donors (Lipinski definition) is 5. The molecule has 1 amide bonds. The van der Waals surface area contributed by atoms with E-state index in [-0.39, 0.29) is 18.1 Å². The fraction of sp³-hybridized carbons (Fsp3) is 0.545. The third-order valence-corrected chi connectivity index (χ3v) is 6.81. The molecule has 5 N–H and O–H groups in total. The molecule has 0 spiro atoms. The van der Waals surface area contributed by atoms with Crippen molar-refractivity contribution >= 4 is 39.3 Å². The Morgan fingerprint density at radius 2 is 2.06 bits per heavy atom. The second kappa shape index (κ2) is 10.8. The Kier molecular flexibility index (Phi) is 8.28. The Labute approximate surface area is 205 Å². The summed E-state index contributed by atoms with van der Waals surface area (Å²) in [6.45, 7) is 2.18. The predicted molar refractivity (Wildman–Crippen MR) is 124 cm³/mol. The van der Waals surface area contributed by atoms with Crippen LogP contribution in [-0.4, -0.2) is 89.0 Å². The molecule has 5 unspecified atom stereocenters. The van der Waals surface area contributed by atoms with E-state index in [2.05, 4.69) is 10.3 Å². The third-order valence-electron chi connectivity index (χ3n) is 5.79. The Bertz CT molecular complexity index is 1090. The number of aliphatic hydroxyl groups is 3. The fourth-order valence-corrected chi connectivity index (χ4v) is 4.90. The molecule has 2 aromatic rings. The lowest BCUT2D eigenvalue weighted by Gasteiger charge is -2.49. The van der Waals surface area contributed by atoms with Crippen LogP contribution < -0.4 is 10.1 Å². The van der Waals surface area contributed by atoms with Gasteiger partial charge in [-0.1, -0.05) is 6.92 Å². The van der Waals surface area contributed by atoms with Gasteiger partial charge in [-0.2, -0.15) is 0 Å². The highest BCUT2D eigenvalue weighted by atomic mass is 32.1. The van der Waals surface area contributed by atoms with E-state index in [0.29, 0.717) is 15.2 Å². The zero-order valence-electron chi connectivity index (χ0n) is 19.7. The number of esters is 1. The molecule has 192 valence electrons. The van der Waals surface area contributed by atoms with Gasteiger partial charge in [0, 0.05) is 13.3 Å². The molecule has 1 aromatic heterocycles. The largest absolute Gasteiger partial charge is 0.479 e. The quantitative estimate of drug-likeness (QED) is 0.186. The van der Waals surface area contributed by atoms with Crippen molar-refractivity contribution in [3.8, 4) is 5.75 Å². The van der Waals surface area contributed by atoms with E-state index in [0.717, 1.165) is 7.11 Å². The Morgan fingerprint density at radius 1 is 1.34 bits per heavy atom. The van der Waals surface area contributed by atoms with Crippen LogP contribution in [0.4, 0.5) is 0 Å². The number of benzene rings is 1. The molecule has 0 aliphatic carbocycles. The van der Waals surface area contributed by atoms with Gasteiger partial charge in [0.05, 0.1) is 61.3 Å². The van der Waals surface area contributed by atoms with Gasteiger partial charge in [-0.05, 0) is 18.2 Å². The van der Waals surface area contributed by atoms with Crippen LogP contribution in [0.25, 0.3) is 10.2 Å². The van der Waals surface area contributed by atoms with Crippen LogP contribution in [0, 0.1) is 11.3 Å². The minimum atomic E-state index is -2.14. The monoisotopic (exact) mass is 511 g/mol. The van der Waals surface area contributed by atoms with Crippen LogP contribution in [0.15, 0.2) is 18.2 Å². The number of ether oxygens (including phenoxy) is 4. The molecule has 13 heteroatoms. The van der Waals surface area contributed by atoms with Crippen molar-refractivity contribution in [2.24, 2.45) is 5.92 Å². The minimum Gasteiger partial charge on any atom is -0.479 e. The summed E-state index contributed by atoms with van der Waals surface area (Å²) in [4.78, 5) is 29.1. The van der Waals surface area contributed by atoms with E-state index < -0.39 is 54.5 Å². The maximum atomic E-state index is 13.0. The summed E-state index contributed by atoms with van der Waals surface area (Å²) in [5.41, 5.74) is 0.582. The summed E-state index contributed by atoms with van der Waals surface area (Å²) in [6, 6.07) is 3.80. The van der Waals surface area contributed by atoms with Crippen molar-refractivity contribution in [2.75, 3.05) is 20.8 Å². The number of hydrogen-bond acceptors (Lipinski definition) is 12. The van der Waals surface area contributed by atoms with Crippen LogP contribution >= 0.6 is 11.3 Å². The Morgan fingerprint density at radius 3 is 2.66 bits per heavy atom. The van der Waals surface area contributed by atoms with Gasteiger partial charge >= 0.3 is 11.8 Å². The second-order valence-corrected chi connectivity index (χ2v) is 9.21. The Balaban J connectivity index is 2.02. The first-order chi connectivity index (χ1) is 16.6. The molecule has 2 heterocycles. The fourth-order valence-electron chi connectivity index (χ4n) is 3.97. The molecule has 3 rings (SSSR count). The highest BCUT2D eigenvalue weighted by molar-refractivity contribution is 7.20. The number of amides is 1. The Hall–Kier alpha value is -2.84. The second-order valence-electron chi connectivity index (χ2n) is 8.18. The molecule has 35 heavy (non-hydrogen) atoms. The standard InChI is InChI=1S/C22H29N3O9S/c1-10-18(29)17(24-11(2)27)15(7-12(28)9-26)34-22(10,21(30)32-4)33-13-5-6-14-16(8-13)35-20(25-14)19(23)31-3/h5-6,8,10,12,15,17-18,23,26,28-29H,7,9H2,1-4H3,(H,24,27)/t10-,12?,15?,17?,18?,22?/m0/s1. The molecule has 0 radical (unpaired) electrons. The molecule has 1 saturated heterocycles. The van der Waals surface area contributed by atoms with Gasteiger partial charge in [0.25, 0.3) is 0 Å². The van der Waals surface area contributed by atoms with Crippen LogP contribution in [0.1, 0.15) is 25.3 Å². The van der Waals surface area contributed by atoms with E-state index in [1.165, 1.54) is 32.3 Å². The summed E-state index contributed by atoms with van der Waals surface area (Å²) in [7, 11) is 2.51. The lowest BCUT2D eigenvalue weighted by molar-refractivity contribution is -0.293. The number of nitrogens with one attached hydrogen (secondary N) is 2. The first-order valence-corrected chi connectivity index (χ1v) is 11.6. The maximum Gasteiger partial charge on any atom is 0.379 e. The summed E-state index contributed by atoms with van der Waals surface area (Å²) in [6.07, 6.45) is -3.88. The van der Waals surface area contributed by atoms with Crippen molar-refractivity contribution in [3.63, 3.8) is 0 Å². The molecule has 1 aliphatic rings. The van der Waals surface area contributed by atoms with Crippen molar-refractivity contribution in [1.82, 2.24) is 10.3 Å². The maximum absolute atomic E-state index is 13.0. The van der Waals surface area contributed by atoms with Crippen LogP contribution in [0.5, 0.6) is 5.75 Å². The van der Waals surface area contributed by atoms with Gasteiger partial charge in [0.1, 0.15) is 5.75 Å². The lowest BCUT2D eigenvalue weighted by atomic mass is 9.82. The molecule has 0 saturated carbocycles. The van der Waals surface area contributed by atoms with E-state index in [1.54, 1.807) is 18.2 Å². The lowest BCUT2D eigenvalue weighted by Crippen LogP contribution is -2.70. The zero-order chi connectivity index (χ0) is 25.9. The van der Waals surface area contributed by atoms with E-state index in [1.807, 2.05) is 0 Å². The van der Waals surface area contributed by atoms with Crippen molar-refractivity contribution < 1.29 is 43.9 Å². The van der Waals surface area contributed by atoms with Gasteiger partial charge < -0.3 is 39.6 Å². The van der Waals surface area contributed by atoms with E-state index >= 15 is 0 Å². The van der Waals surface area contributed by atoms with Crippen LogP contribution in [0.3, 0.4) is 0 Å². The highest BCUT2D eigenvalue weighted by Gasteiger charge is 2.60. The van der Waals surface area contributed by atoms with E-state index in [4.69, 9.17) is 24.4 Å². The van der Waals surface area contributed by atoms with Gasteiger partial charge in [-0.25, -0.2) is 9.78 Å². The number of rotatable bonds is 8. The summed E-state index contributed by atoms with van der Waals surface area (Å²) >= 11 is 1.18. The average molecular weight is 512 g/mol. The third kappa shape index (κ3) is 5.38. The van der Waals surface area contributed by atoms with E-state index in [9.17, 15) is 24.9 Å². The summed E-state index contributed by atoms with van der Waals surface area (Å²) in [5.74, 6) is -4.44. The highest BCUT2D eigenvalue weighted by Crippen LogP contribution is 2.40. The number of thiazole rings is 1. The molecule has 1 fully saturated rings. The molecule has 12 nitrogen and oxygen atoms in total. The first-order valence-electron chi connectivity index (χ1n) is 10.8. The van der Waals surface area contributed by atoms with Crippen LogP contribution in [-0.2, 0) is 23.8 Å². The van der Waals surface area contributed by atoms with Crippen LogP contribution in [0.2, 0.25) is 0 Å². The topological polar surface area (TPSA) is 181 Å². The summed E-state index contributed by atoms with van der Waals surface area (Å²) in [5, 5.41) is 41.2. The number of aliphatic hydroxyl groups excluding tert-OH is 3. The van der Waals surface area contributed by atoms with Gasteiger partial charge in [0.2, 0.25) is 11.8 Å². The molecular formula is C22H29N3O9S. The predicted octanol–water partition coefficient (Wildman–Crippen LogP) is 0.160. The number of methoxy groups -OCH3 is 2.